The molecule has 0 bridgehead atoms. The predicted molar refractivity (Wildman–Crippen MR) is 70.1 cm³/mol. The van der Waals surface area contributed by atoms with Crippen molar-refractivity contribution >= 4 is 17.9 Å². The summed E-state index contributed by atoms with van der Waals surface area (Å²) in [5.41, 5.74) is 2.32. The third-order valence-electron chi connectivity index (χ3n) is 2.48. The van der Waals surface area contributed by atoms with E-state index in [0.29, 0.717) is 5.56 Å². The van der Waals surface area contributed by atoms with Gasteiger partial charge in [0.05, 0.1) is 4.92 Å². The molecule has 1 atom stereocenters. The second-order valence-corrected chi connectivity index (χ2v) is 3.94. The van der Waals surface area contributed by atoms with E-state index in [-0.39, 0.29) is 24.9 Å². The minimum absolute atomic E-state index is 0.0365. The quantitative estimate of drug-likeness (QED) is 0.268. The van der Waals surface area contributed by atoms with Crippen molar-refractivity contribution in [2.75, 3.05) is 13.3 Å². The van der Waals surface area contributed by atoms with Gasteiger partial charge >= 0.3 is 6.09 Å². The second-order valence-electron chi connectivity index (χ2n) is 3.94. The highest BCUT2D eigenvalue weighted by molar-refractivity contribution is 5.65. The summed E-state index contributed by atoms with van der Waals surface area (Å²) in [6.45, 7) is 1.24. The summed E-state index contributed by atoms with van der Waals surface area (Å²) in [5, 5.41) is 10.9. The maximum atomic E-state index is 11.2. The number of hydrogen-bond donors (Lipinski definition) is 1. The fraction of sp³-hybridized carbons (Fsp3) is 0.333. The van der Waals surface area contributed by atoms with E-state index in [1.54, 1.807) is 25.1 Å². The van der Waals surface area contributed by atoms with E-state index in [4.69, 9.17) is 4.74 Å². The number of carbonyl (C=O) groups is 1. The van der Waals surface area contributed by atoms with E-state index >= 15 is 0 Å². The molecule has 1 N–H and O–H groups in total. The van der Waals surface area contributed by atoms with Gasteiger partial charge in [0.1, 0.15) is 6.61 Å². The number of nitro groups is 1. The number of amides is 1. The molecule has 0 saturated heterocycles. The molecule has 0 spiro atoms. The lowest BCUT2D eigenvalue weighted by molar-refractivity contribution is -0.385. The average Bonchev–Trinajstić information content (AvgIpc) is 2.49. The monoisotopic (exact) mass is 295 g/mol. The first-order valence-corrected chi connectivity index (χ1v) is 5.87. The Bertz CT molecular complexity index is 556. The Labute approximate surface area is 119 Å². The highest BCUT2D eigenvalue weighted by Gasteiger charge is 2.19. The van der Waals surface area contributed by atoms with Gasteiger partial charge in [-0.25, -0.2) is 14.4 Å². The van der Waals surface area contributed by atoms with Gasteiger partial charge in [-0.3, -0.25) is 10.1 Å². The van der Waals surface area contributed by atoms with Crippen molar-refractivity contribution in [1.29, 1.82) is 0 Å². The lowest BCUT2D eigenvalue weighted by Crippen LogP contribution is -2.26. The molecule has 21 heavy (non-hydrogen) atoms. The SMILES string of the molecule is CC(COC(=O)NOCN=C=O)c1ccccc1[N+](=O)[O-]. The lowest BCUT2D eigenvalue weighted by atomic mass is 10.0. The molecule has 1 rings (SSSR count). The molecule has 0 radical (unpaired) electrons. The molecule has 9 heteroatoms. The van der Waals surface area contributed by atoms with Gasteiger partial charge in [-0.15, -0.1) is 0 Å². The molecule has 0 aliphatic heterocycles. The summed E-state index contributed by atoms with van der Waals surface area (Å²) in [6.07, 6.45) is 0.337. The highest BCUT2D eigenvalue weighted by Crippen LogP contribution is 2.26. The van der Waals surface area contributed by atoms with Gasteiger partial charge in [0.15, 0.2) is 6.73 Å². The van der Waals surface area contributed by atoms with Crippen molar-refractivity contribution < 1.29 is 24.1 Å². The summed E-state index contributed by atoms with van der Waals surface area (Å²) in [6, 6.07) is 6.20. The van der Waals surface area contributed by atoms with E-state index in [9.17, 15) is 19.7 Å². The van der Waals surface area contributed by atoms with E-state index in [0.717, 1.165) is 0 Å². The van der Waals surface area contributed by atoms with E-state index in [2.05, 4.69) is 9.83 Å². The van der Waals surface area contributed by atoms with Crippen LogP contribution in [0.3, 0.4) is 0 Å². The number of para-hydroxylation sites is 1. The van der Waals surface area contributed by atoms with Gasteiger partial charge in [-0.05, 0) is 0 Å². The molecule has 1 amide bonds. The van der Waals surface area contributed by atoms with Crippen LogP contribution in [0.2, 0.25) is 0 Å². The topological polar surface area (TPSA) is 120 Å². The van der Waals surface area contributed by atoms with Crippen molar-refractivity contribution in [1.82, 2.24) is 5.48 Å². The Balaban J connectivity index is 2.50. The first-order valence-electron chi connectivity index (χ1n) is 5.87. The molecule has 0 saturated carbocycles. The molecular weight excluding hydrogens is 282 g/mol. The molecule has 0 fully saturated rings. The molecule has 0 aromatic heterocycles. The highest BCUT2D eigenvalue weighted by atomic mass is 16.7. The number of carbonyl (C=O) groups excluding carboxylic acids is 2. The molecule has 0 aliphatic rings. The van der Waals surface area contributed by atoms with Gasteiger partial charge < -0.3 is 4.74 Å². The largest absolute Gasteiger partial charge is 0.447 e. The number of isocyanates is 1. The van der Waals surface area contributed by atoms with Crippen LogP contribution in [0.1, 0.15) is 18.4 Å². The van der Waals surface area contributed by atoms with Crippen molar-refractivity contribution in [3.05, 3.63) is 39.9 Å². The fourth-order valence-corrected chi connectivity index (χ4v) is 1.54. The Morgan fingerprint density at radius 3 is 2.90 bits per heavy atom. The van der Waals surface area contributed by atoms with Crippen LogP contribution < -0.4 is 5.48 Å². The first kappa shape index (κ1) is 16.3. The Kier molecular flexibility index (Phi) is 6.52. The molecule has 1 aromatic carbocycles. The third-order valence-corrected chi connectivity index (χ3v) is 2.48. The van der Waals surface area contributed by atoms with Gasteiger partial charge in [-0.1, -0.05) is 25.1 Å². The minimum atomic E-state index is -0.887. The van der Waals surface area contributed by atoms with Crippen molar-refractivity contribution in [2.45, 2.75) is 12.8 Å². The maximum absolute atomic E-state index is 11.2. The van der Waals surface area contributed by atoms with Crippen LogP contribution in [0.5, 0.6) is 0 Å². The van der Waals surface area contributed by atoms with Crippen molar-refractivity contribution in [3.8, 4) is 0 Å². The molecule has 0 heterocycles. The minimum Gasteiger partial charge on any atom is -0.447 e. The first-order chi connectivity index (χ1) is 10.1. The third kappa shape index (κ3) is 5.39. The van der Waals surface area contributed by atoms with Gasteiger partial charge in [0, 0.05) is 17.5 Å². The second kappa shape index (κ2) is 8.41. The maximum Gasteiger partial charge on any atom is 0.431 e. The number of ether oxygens (including phenoxy) is 1. The number of hydroxylamine groups is 1. The molecule has 9 nitrogen and oxygen atoms in total. The summed E-state index contributed by atoms with van der Waals surface area (Å²) in [4.78, 5) is 38.9. The zero-order chi connectivity index (χ0) is 15.7. The van der Waals surface area contributed by atoms with E-state index in [1.807, 2.05) is 5.48 Å². The number of benzene rings is 1. The summed E-state index contributed by atoms with van der Waals surface area (Å²) >= 11 is 0. The number of nitrogens with one attached hydrogen (secondary N) is 1. The number of aliphatic imine (C=N–C) groups is 1. The summed E-state index contributed by atoms with van der Waals surface area (Å²) < 4.78 is 4.84. The predicted octanol–water partition coefficient (Wildman–Crippen LogP) is 1.65. The number of hydrogen-bond acceptors (Lipinski definition) is 7. The number of nitrogens with zero attached hydrogens (tertiary/aromatic N) is 2. The van der Waals surface area contributed by atoms with Crippen LogP contribution in [-0.4, -0.2) is 30.4 Å². The Hall–Kier alpha value is -2.77. The Morgan fingerprint density at radius 2 is 2.24 bits per heavy atom. The molecule has 0 aliphatic carbocycles. The zero-order valence-corrected chi connectivity index (χ0v) is 11.1. The summed E-state index contributed by atoms with van der Waals surface area (Å²) in [5.74, 6) is -0.370. The van der Waals surface area contributed by atoms with Crippen LogP contribution in [0.4, 0.5) is 10.5 Å². The standard InChI is InChI=1S/C12H13N3O6/c1-9(6-20-12(17)14-21-8-13-7-16)10-4-2-3-5-11(10)15(18)19/h2-5,9H,6,8H2,1H3,(H,14,17). The summed E-state index contributed by atoms with van der Waals surface area (Å²) in [7, 11) is 0. The van der Waals surface area contributed by atoms with Crippen molar-refractivity contribution in [3.63, 3.8) is 0 Å². The van der Waals surface area contributed by atoms with E-state index < -0.39 is 11.0 Å². The van der Waals surface area contributed by atoms with Crippen LogP contribution >= 0.6 is 0 Å². The van der Waals surface area contributed by atoms with Crippen LogP contribution in [0.15, 0.2) is 29.3 Å². The smallest absolute Gasteiger partial charge is 0.431 e. The molecule has 112 valence electrons. The molecule has 1 unspecified atom stereocenters. The van der Waals surface area contributed by atoms with Gasteiger partial charge in [-0.2, -0.15) is 10.5 Å². The normalized spacial score (nSPS) is 11.1. The molecule has 1 aromatic rings. The van der Waals surface area contributed by atoms with Crippen LogP contribution in [0, 0.1) is 10.1 Å². The van der Waals surface area contributed by atoms with E-state index in [1.165, 1.54) is 12.1 Å². The fourth-order valence-electron chi connectivity index (χ4n) is 1.54. The Morgan fingerprint density at radius 1 is 1.52 bits per heavy atom. The van der Waals surface area contributed by atoms with Crippen LogP contribution in [0.25, 0.3) is 0 Å². The van der Waals surface area contributed by atoms with Gasteiger partial charge in [0.2, 0.25) is 6.08 Å². The number of nitro benzene ring substituents is 1. The average molecular weight is 295 g/mol. The number of rotatable bonds is 7. The van der Waals surface area contributed by atoms with Gasteiger partial charge in [0.25, 0.3) is 5.69 Å². The zero-order valence-electron chi connectivity index (χ0n) is 11.1. The van der Waals surface area contributed by atoms with Crippen LogP contribution in [-0.2, 0) is 14.4 Å². The van der Waals surface area contributed by atoms with Crippen molar-refractivity contribution in [2.24, 2.45) is 4.99 Å². The lowest BCUT2D eigenvalue weighted by Gasteiger charge is -2.12. The molecular formula is C12H13N3O6.